The van der Waals surface area contributed by atoms with Crippen LogP contribution >= 0.6 is 23.1 Å². The van der Waals surface area contributed by atoms with Gasteiger partial charge in [0.15, 0.2) is 11.5 Å². The predicted octanol–water partition coefficient (Wildman–Crippen LogP) is 4.87. The lowest BCUT2D eigenvalue weighted by Gasteiger charge is -2.18. The van der Waals surface area contributed by atoms with Crippen LogP contribution < -0.4 is 9.47 Å². The Hall–Kier alpha value is -1.98. The van der Waals surface area contributed by atoms with Crippen LogP contribution in [0.15, 0.2) is 58.8 Å². The number of nitrogens with zero attached hydrogens (tertiary/aromatic N) is 1. The first-order chi connectivity index (χ1) is 11.4. The van der Waals surface area contributed by atoms with E-state index in [4.69, 9.17) is 14.5 Å². The number of hydrogen-bond acceptors (Lipinski definition) is 5. The summed E-state index contributed by atoms with van der Waals surface area (Å²) in [6.45, 7) is 1.24. The van der Waals surface area contributed by atoms with E-state index in [9.17, 15) is 0 Å². The van der Waals surface area contributed by atoms with Crippen molar-refractivity contribution in [2.75, 3.05) is 13.2 Å². The topological polar surface area (TPSA) is 31.4 Å². The van der Waals surface area contributed by atoms with Gasteiger partial charge in [0.2, 0.25) is 0 Å². The standard InChI is InChI=1S/C18H15NO2S2/c1-2-4-13(5-3-1)18-19-14(12-23-18)11-22-15-6-7-16-17(10-15)21-9-8-20-16/h1-7,10,12H,8-9,11H2. The van der Waals surface area contributed by atoms with Crippen molar-refractivity contribution in [3.8, 4) is 22.1 Å². The summed E-state index contributed by atoms with van der Waals surface area (Å²) < 4.78 is 11.2. The van der Waals surface area contributed by atoms with Crippen molar-refractivity contribution >= 4 is 23.1 Å². The highest BCUT2D eigenvalue weighted by molar-refractivity contribution is 7.98. The summed E-state index contributed by atoms with van der Waals surface area (Å²) in [4.78, 5) is 5.89. The van der Waals surface area contributed by atoms with Crippen molar-refractivity contribution in [3.05, 3.63) is 59.6 Å². The molecule has 0 aliphatic carbocycles. The number of rotatable bonds is 4. The molecule has 23 heavy (non-hydrogen) atoms. The fraction of sp³-hybridized carbons (Fsp3) is 0.167. The Labute approximate surface area is 143 Å². The van der Waals surface area contributed by atoms with Gasteiger partial charge in [-0.2, -0.15) is 0 Å². The summed E-state index contributed by atoms with van der Waals surface area (Å²) in [5.41, 5.74) is 2.28. The number of aromatic nitrogens is 1. The molecule has 1 aliphatic rings. The molecule has 0 atom stereocenters. The number of hydrogen-bond donors (Lipinski definition) is 0. The van der Waals surface area contributed by atoms with Gasteiger partial charge in [-0.3, -0.25) is 0 Å². The summed E-state index contributed by atoms with van der Waals surface area (Å²) >= 11 is 3.45. The van der Waals surface area contributed by atoms with E-state index in [1.54, 1.807) is 23.1 Å². The summed E-state index contributed by atoms with van der Waals surface area (Å²) in [5, 5.41) is 3.20. The molecule has 3 aromatic rings. The van der Waals surface area contributed by atoms with Gasteiger partial charge in [-0.15, -0.1) is 23.1 Å². The quantitative estimate of drug-likeness (QED) is 0.633. The molecule has 0 fully saturated rings. The van der Waals surface area contributed by atoms with Crippen molar-refractivity contribution in [1.82, 2.24) is 4.98 Å². The molecular formula is C18H15NO2S2. The largest absolute Gasteiger partial charge is 0.486 e. The second-order valence-corrected chi connectivity index (χ2v) is 7.01. The molecule has 4 rings (SSSR count). The third-order valence-corrected chi connectivity index (χ3v) is 5.44. The molecule has 0 radical (unpaired) electrons. The smallest absolute Gasteiger partial charge is 0.162 e. The normalized spacial score (nSPS) is 13.0. The number of fused-ring (bicyclic) bond motifs is 1. The SMILES string of the molecule is c1ccc(-c2nc(CSc3ccc4c(c3)OCCO4)cs2)cc1. The van der Waals surface area contributed by atoms with Gasteiger partial charge in [-0.05, 0) is 18.2 Å². The molecule has 3 nitrogen and oxygen atoms in total. The predicted molar refractivity (Wildman–Crippen MR) is 94.5 cm³/mol. The molecule has 0 N–H and O–H groups in total. The maximum absolute atomic E-state index is 5.63. The van der Waals surface area contributed by atoms with Gasteiger partial charge in [0, 0.05) is 21.6 Å². The second-order valence-electron chi connectivity index (χ2n) is 5.10. The molecule has 0 amide bonds. The minimum absolute atomic E-state index is 0.619. The van der Waals surface area contributed by atoms with Gasteiger partial charge in [0.1, 0.15) is 18.2 Å². The van der Waals surface area contributed by atoms with Gasteiger partial charge in [0.25, 0.3) is 0 Å². The van der Waals surface area contributed by atoms with E-state index >= 15 is 0 Å². The molecule has 0 saturated carbocycles. The van der Waals surface area contributed by atoms with Crippen LogP contribution in [0.4, 0.5) is 0 Å². The van der Waals surface area contributed by atoms with Crippen molar-refractivity contribution in [2.45, 2.75) is 10.6 Å². The third-order valence-electron chi connectivity index (χ3n) is 3.47. The van der Waals surface area contributed by atoms with Crippen molar-refractivity contribution in [1.29, 1.82) is 0 Å². The van der Waals surface area contributed by atoms with Gasteiger partial charge in [-0.1, -0.05) is 30.3 Å². The lowest BCUT2D eigenvalue weighted by atomic mass is 10.2. The molecule has 0 unspecified atom stereocenters. The highest BCUT2D eigenvalue weighted by Gasteiger charge is 2.12. The van der Waals surface area contributed by atoms with Crippen LogP contribution in [0.2, 0.25) is 0 Å². The molecule has 0 spiro atoms. The fourth-order valence-corrected chi connectivity index (χ4v) is 4.11. The first-order valence-electron chi connectivity index (χ1n) is 7.41. The summed E-state index contributed by atoms with van der Waals surface area (Å²) in [5.74, 6) is 2.52. The second kappa shape index (κ2) is 6.64. The Morgan fingerprint density at radius 2 is 1.83 bits per heavy atom. The fourth-order valence-electron chi connectivity index (χ4n) is 2.36. The van der Waals surface area contributed by atoms with Crippen LogP contribution in [-0.2, 0) is 5.75 Å². The van der Waals surface area contributed by atoms with Gasteiger partial charge >= 0.3 is 0 Å². The van der Waals surface area contributed by atoms with E-state index in [1.807, 2.05) is 30.3 Å². The Kier molecular flexibility index (Phi) is 4.22. The molecule has 2 heterocycles. The third kappa shape index (κ3) is 3.35. The van der Waals surface area contributed by atoms with Crippen molar-refractivity contribution in [2.24, 2.45) is 0 Å². The first kappa shape index (κ1) is 14.6. The number of thioether (sulfide) groups is 1. The van der Waals surface area contributed by atoms with Gasteiger partial charge in [0.05, 0.1) is 5.69 Å². The molecule has 2 aromatic carbocycles. The zero-order valence-corrected chi connectivity index (χ0v) is 14.0. The summed E-state index contributed by atoms with van der Waals surface area (Å²) in [7, 11) is 0. The number of ether oxygens (including phenoxy) is 2. The molecule has 1 aromatic heterocycles. The highest BCUT2D eigenvalue weighted by atomic mass is 32.2. The molecule has 0 saturated heterocycles. The van der Waals surface area contributed by atoms with Crippen molar-refractivity contribution in [3.63, 3.8) is 0 Å². The molecular weight excluding hydrogens is 326 g/mol. The van der Waals surface area contributed by atoms with E-state index in [0.717, 1.165) is 28.0 Å². The maximum Gasteiger partial charge on any atom is 0.162 e. The monoisotopic (exact) mass is 341 g/mol. The molecule has 1 aliphatic heterocycles. The van der Waals surface area contributed by atoms with Crippen LogP contribution in [0, 0.1) is 0 Å². The minimum Gasteiger partial charge on any atom is -0.486 e. The molecule has 0 bridgehead atoms. The van der Waals surface area contributed by atoms with E-state index in [0.29, 0.717) is 13.2 Å². The average Bonchev–Trinajstić information content (AvgIpc) is 3.10. The van der Waals surface area contributed by atoms with Crippen molar-refractivity contribution < 1.29 is 9.47 Å². The average molecular weight is 341 g/mol. The zero-order chi connectivity index (χ0) is 15.5. The van der Waals surface area contributed by atoms with Crippen LogP contribution in [0.5, 0.6) is 11.5 Å². The van der Waals surface area contributed by atoms with Crippen LogP contribution in [0.25, 0.3) is 10.6 Å². The summed E-state index contributed by atoms with van der Waals surface area (Å²) in [6.07, 6.45) is 0. The molecule has 5 heteroatoms. The van der Waals surface area contributed by atoms with Crippen LogP contribution in [0.3, 0.4) is 0 Å². The lowest BCUT2D eigenvalue weighted by Crippen LogP contribution is -2.15. The lowest BCUT2D eigenvalue weighted by molar-refractivity contribution is 0.171. The Bertz CT molecular complexity index is 802. The van der Waals surface area contributed by atoms with Crippen LogP contribution in [-0.4, -0.2) is 18.2 Å². The minimum atomic E-state index is 0.619. The van der Waals surface area contributed by atoms with Gasteiger partial charge < -0.3 is 9.47 Å². The van der Waals surface area contributed by atoms with Crippen LogP contribution in [0.1, 0.15) is 5.69 Å². The van der Waals surface area contributed by atoms with E-state index < -0.39 is 0 Å². The Morgan fingerprint density at radius 3 is 2.70 bits per heavy atom. The number of benzene rings is 2. The van der Waals surface area contributed by atoms with E-state index in [-0.39, 0.29) is 0 Å². The highest BCUT2D eigenvalue weighted by Crippen LogP contribution is 2.35. The number of thiazole rings is 1. The molecule has 116 valence electrons. The maximum atomic E-state index is 5.63. The first-order valence-corrected chi connectivity index (χ1v) is 9.27. The van der Waals surface area contributed by atoms with Gasteiger partial charge in [-0.25, -0.2) is 4.98 Å². The zero-order valence-electron chi connectivity index (χ0n) is 12.4. The Morgan fingerprint density at radius 1 is 1.00 bits per heavy atom. The van der Waals surface area contributed by atoms with E-state index in [1.165, 1.54) is 10.5 Å². The Balaban J connectivity index is 1.44. The summed E-state index contributed by atoms with van der Waals surface area (Å²) in [6, 6.07) is 16.4. The van der Waals surface area contributed by atoms with E-state index in [2.05, 4.69) is 23.6 Å².